The van der Waals surface area contributed by atoms with Crippen molar-refractivity contribution in [1.29, 1.82) is 0 Å². The maximum atomic E-state index is 13.2. The lowest BCUT2D eigenvalue weighted by Crippen LogP contribution is -2.23. The van der Waals surface area contributed by atoms with Crippen LogP contribution in [-0.2, 0) is 0 Å². The second-order valence-corrected chi connectivity index (χ2v) is 7.56. The molecule has 4 aromatic rings. The summed E-state index contributed by atoms with van der Waals surface area (Å²) in [6, 6.07) is 25.1. The second kappa shape index (κ2) is 8.56. The number of hydrogen-bond donors (Lipinski definition) is 1. The molecule has 0 saturated carbocycles. The van der Waals surface area contributed by atoms with Gasteiger partial charge in [-0.05, 0) is 60.7 Å². The van der Waals surface area contributed by atoms with Crippen LogP contribution in [0.3, 0.4) is 0 Å². The second-order valence-electron chi connectivity index (χ2n) is 6.28. The molecule has 1 heterocycles. The number of benzene rings is 3. The van der Waals surface area contributed by atoms with Crippen LogP contribution < -0.4 is 5.56 Å². The van der Waals surface area contributed by atoms with E-state index in [0.29, 0.717) is 17.1 Å². The zero-order valence-corrected chi connectivity index (χ0v) is 17.9. The summed E-state index contributed by atoms with van der Waals surface area (Å²) in [5.41, 5.74) is 0.937. The summed E-state index contributed by atoms with van der Waals surface area (Å²) in [4.78, 5) is 13.2. The maximum absolute atomic E-state index is 13.2. The Morgan fingerprint density at radius 3 is 1.97 bits per heavy atom. The van der Waals surface area contributed by atoms with E-state index in [0.717, 1.165) is 4.47 Å². The van der Waals surface area contributed by atoms with Gasteiger partial charge in [0.1, 0.15) is 0 Å². The molecule has 30 heavy (non-hydrogen) atoms. The highest BCUT2D eigenvalue weighted by Crippen LogP contribution is 2.29. The largest absolute Gasteiger partial charge is 0.492 e. The van der Waals surface area contributed by atoms with E-state index >= 15 is 0 Å². The maximum Gasteiger partial charge on any atom is 0.290 e. The lowest BCUT2D eigenvalue weighted by Gasteiger charge is -2.16. The van der Waals surface area contributed by atoms with Crippen LogP contribution >= 0.6 is 28.1 Å². The molecule has 4 rings (SSSR count). The molecule has 0 saturated heterocycles. The van der Waals surface area contributed by atoms with Crippen LogP contribution in [0.2, 0.25) is 0 Å². The molecule has 1 aromatic heterocycles. The number of azo groups is 1. The number of para-hydroxylation sites is 1. The third-order valence-electron chi connectivity index (χ3n) is 4.33. The number of rotatable bonds is 4. The Morgan fingerprint density at radius 2 is 1.33 bits per heavy atom. The van der Waals surface area contributed by atoms with Gasteiger partial charge in [0.05, 0.1) is 17.1 Å². The van der Waals surface area contributed by atoms with Crippen LogP contribution in [0.25, 0.3) is 11.4 Å². The summed E-state index contributed by atoms with van der Waals surface area (Å²) < 4.78 is 3.72. The molecule has 0 aliphatic heterocycles. The predicted octanol–water partition coefficient (Wildman–Crippen LogP) is 6.24. The molecule has 8 heteroatoms. The van der Waals surface area contributed by atoms with E-state index < -0.39 is 5.56 Å². The van der Waals surface area contributed by atoms with Gasteiger partial charge in [-0.1, -0.05) is 52.3 Å². The minimum Gasteiger partial charge on any atom is -0.492 e. The van der Waals surface area contributed by atoms with E-state index in [4.69, 9.17) is 12.2 Å². The number of aromatic hydroxyl groups is 1. The minimum absolute atomic E-state index is 0.115. The van der Waals surface area contributed by atoms with Crippen molar-refractivity contribution < 1.29 is 5.11 Å². The average Bonchev–Trinajstić information content (AvgIpc) is 2.76. The Hall–Kier alpha value is -3.36. The molecule has 0 aliphatic carbocycles. The first-order valence-corrected chi connectivity index (χ1v) is 10.2. The van der Waals surface area contributed by atoms with Gasteiger partial charge in [-0.2, -0.15) is 5.11 Å². The highest BCUT2D eigenvalue weighted by Gasteiger charge is 2.19. The predicted molar refractivity (Wildman–Crippen MR) is 122 cm³/mol. The van der Waals surface area contributed by atoms with Crippen LogP contribution in [0, 0.1) is 4.77 Å². The van der Waals surface area contributed by atoms with E-state index in [-0.39, 0.29) is 16.3 Å². The van der Waals surface area contributed by atoms with E-state index in [2.05, 4.69) is 26.2 Å². The third kappa shape index (κ3) is 3.87. The molecule has 1 N–H and O–H groups in total. The zero-order chi connectivity index (χ0) is 21.1. The summed E-state index contributed by atoms with van der Waals surface area (Å²) in [6.45, 7) is 0. The van der Waals surface area contributed by atoms with Gasteiger partial charge in [-0.25, -0.2) is 0 Å². The van der Waals surface area contributed by atoms with Crippen molar-refractivity contribution in [2.75, 3.05) is 0 Å². The van der Waals surface area contributed by atoms with Gasteiger partial charge in [0.2, 0.25) is 11.6 Å². The highest BCUT2D eigenvalue weighted by atomic mass is 79.9. The number of hydrogen-bond acceptors (Lipinski definition) is 5. The third-order valence-corrected chi connectivity index (χ3v) is 5.23. The Balaban J connectivity index is 2.01. The zero-order valence-electron chi connectivity index (χ0n) is 15.5. The van der Waals surface area contributed by atoms with Crippen molar-refractivity contribution in [3.63, 3.8) is 0 Å². The Morgan fingerprint density at radius 1 is 0.767 bits per heavy atom. The number of halogens is 1. The van der Waals surface area contributed by atoms with Crippen molar-refractivity contribution in [2.24, 2.45) is 10.2 Å². The van der Waals surface area contributed by atoms with Crippen molar-refractivity contribution in [3.05, 3.63) is 105 Å². The molecule has 148 valence electrons. The summed E-state index contributed by atoms with van der Waals surface area (Å²) in [6.07, 6.45) is 0. The Kier molecular flexibility index (Phi) is 5.69. The van der Waals surface area contributed by atoms with Gasteiger partial charge >= 0.3 is 0 Å². The first kappa shape index (κ1) is 19.9. The fourth-order valence-corrected chi connectivity index (χ4v) is 3.55. The molecule has 0 amide bonds. The van der Waals surface area contributed by atoms with Gasteiger partial charge in [0.25, 0.3) is 5.56 Å². The van der Waals surface area contributed by atoms with Crippen LogP contribution in [0.4, 0.5) is 11.4 Å². The Labute approximate surface area is 185 Å². The minimum atomic E-state index is -0.559. The average molecular weight is 479 g/mol. The van der Waals surface area contributed by atoms with Gasteiger partial charge < -0.3 is 5.11 Å². The smallest absolute Gasteiger partial charge is 0.290 e. The van der Waals surface area contributed by atoms with Crippen LogP contribution in [-0.4, -0.2) is 14.2 Å². The van der Waals surface area contributed by atoms with Crippen LogP contribution in [0.15, 0.2) is 104 Å². The molecule has 0 atom stereocenters. The summed E-state index contributed by atoms with van der Waals surface area (Å²) in [7, 11) is 0. The number of nitrogens with zero attached hydrogens (tertiary/aromatic N) is 4. The van der Waals surface area contributed by atoms with Crippen LogP contribution in [0.5, 0.6) is 5.88 Å². The summed E-state index contributed by atoms with van der Waals surface area (Å²) >= 11 is 8.98. The van der Waals surface area contributed by atoms with Crippen molar-refractivity contribution >= 4 is 39.5 Å². The van der Waals surface area contributed by atoms with Crippen molar-refractivity contribution in [3.8, 4) is 17.3 Å². The molecular formula is C22H15BrN4O2S. The quantitative estimate of drug-likeness (QED) is 0.278. The molecule has 3 aromatic carbocycles. The van der Waals surface area contributed by atoms with Gasteiger partial charge in [0, 0.05) is 4.47 Å². The van der Waals surface area contributed by atoms with E-state index in [1.807, 2.05) is 36.4 Å². The Bertz CT molecular complexity index is 1330. The molecule has 0 aliphatic rings. The molecule has 0 unspecified atom stereocenters. The molecule has 0 radical (unpaired) electrons. The summed E-state index contributed by atoms with van der Waals surface area (Å²) in [5, 5.41) is 19.1. The fraction of sp³-hybridized carbons (Fsp3) is 0. The standard InChI is InChI=1S/C22H15BrN4O2S/c23-15-11-13-18(14-12-15)27-21(29)19(25-24-16-7-3-1-4-8-16)20(28)26(22(27)30)17-9-5-2-6-10-17/h1-14,29H. The lowest BCUT2D eigenvalue weighted by atomic mass is 10.3. The number of aromatic nitrogens is 2. The topological polar surface area (TPSA) is 71.9 Å². The normalized spacial score (nSPS) is 11.1. The molecule has 0 spiro atoms. The van der Waals surface area contributed by atoms with E-state index in [1.54, 1.807) is 48.5 Å². The van der Waals surface area contributed by atoms with Crippen LogP contribution in [0.1, 0.15) is 0 Å². The fourth-order valence-electron chi connectivity index (χ4n) is 2.90. The first-order valence-electron chi connectivity index (χ1n) is 8.95. The molecule has 0 bridgehead atoms. The molecule has 6 nitrogen and oxygen atoms in total. The van der Waals surface area contributed by atoms with E-state index in [1.165, 1.54) is 9.13 Å². The van der Waals surface area contributed by atoms with Crippen molar-refractivity contribution in [2.45, 2.75) is 0 Å². The van der Waals surface area contributed by atoms with E-state index in [9.17, 15) is 9.90 Å². The van der Waals surface area contributed by atoms with Gasteiger partial charge in [-0.15, -0.1) is 5.11 Å². The first-order chi connectivity index (χ1) is 14.6. The highest BCUT2D eigenvalue weighted by molar-refractivity contribution is 9.10. The van der Waals surface area contributed by atoms with Gasteiger partial charge in [0.15, 0.2) is 4.77 Å². The molecular weight excluding hydrogens is 464 g/mol. The van der Waals surface area contributed by atoms with Crippen molar-refractivity contribution in [1.82, 2.24) is 9.13 Å². The lowest BCUT2D eigenvalue weighted by molar-refractivity contribution is 0.432. The monoisotopic (exact) mass is 478 g/mol. The SMILES string of the molecule is O=c1c(N=Nc2ccccc2)c(O)n(-c2ccc(Br)cc2)c(=S)n1-c1ccccc1. The summed E-state index contributed by atoms with van der Waals surface area (Å²) in [5.74, 6) is -0.376. The molecule has 0 fully saturated rings. The van der Waals surface area contributed by atoms with Gasteiger partial charge in [-0.3, -0.25) is 13.9 Å².